The minimum atomic E-state index is -1.17. The molecule has 2 aromatic rings. The molecule has 116 valence electrons. The molecule has 0 amide bonds. The van der Waals surface area contributed by atoms with Crippen LogP contribution in [0.5, 0.6) is 17.2 Å². The maximum absolute atomic E-state index is 10.6. The van der Waals surface area contributed by atoms with Crippen molar-refractivity contribution in [2.24, 2.45) is 0 Å². The van der Waals surface area contributed by atoms with Gasteiger partial charge in [-0.3, -0.25) is 0 Å². The molecule has 2 aromatic carbocycles. The lowest BCUT2D eigenvalue weighted by Gasteiger charge is -2.27. The molecule has 0 bridgehead atoms. The topological polar surface area (TPSA) is 58.9 Å². The van der Waals surface area contributed by atoms with Gasteiger partial charge in [-0.2, -0.15) is 0 Å². The Morgan fingerprint density at radius 3 is 2.00 bits per heavy atom. The number of hydrogen-bond acceptors (Lipinski definition) is 4. The third-order valence-electron chi connectivity index (χ3n) is 3.12. The Balaban J connectivity index is 1.94. The monoisotopic (exact) mass is 300 g/mol. The summed E-state index contributed by atoms with van der Waals surface area (Å²) in [5, 5.41) is 19.9. The predicted octanol–water partition coefficient (Wildman–Crippen LogP) is 3.16. The zero-order chi connectivity index (χ0) is 15.8. The number of para-hydroxylation sites is 1. The quantitative estimate of drug-likeness (QED) is 0.735. The van der Waals surface area contributed by atoms with Gasteiger partial charge in [0, 0.05) is 6.42 Å². The van der Waals surface area contributed by atoms with Crippen LogP contribution in [0.1, 0.15) is 6.42 Å². The van der Waals surface area contributed by atoms with E-state index in [-0.39, 0.29) is 19.0 Å². The molecule has 1 unspecified atom stereocenters. The van der Waals surface area contributed by atoms with Crippen LogP contribution < -0.4 is 9.47 Å². The van der Waals surface area contributed by atoms with Crippen molar-refractivity contribution >= 4 is 0 Å². The number of phenolic OH excluding ortho intramolecular Hbond substituents is 1. The molecule has 1 atom stereocenters. The molecule has 22 heavy (non-hydrogen) atoms. The molecule has 0 aliphatic rings. The third kappa shape index (κ3) is 4.82. The molecule has 0 spiro atoms. The van der Waals surface area contributed by atoms with Crippen molar-refractivity contribution in [3.8, 4) is 17.2 Å². The van der Waals surface area contributed by atoms with Gasteiger partial charge < -0.3 is 19.7 Å². The number of ether oxygens (including phenoxy) is 2. The van der Waals surface area contributed by atoms with Crippen LogP contribution >= 0.6 is 0 Å². The van der Waals surface area contributed by atoms with Crippen LogP contribution in [0.2, 0.25) is 0 Å². The maximum Gasteiger partial charge on any atom is 0.136 e. The summed E-state index contributed by atoms with van der Waals surface area (Å²) < 4.78 is 11.2. The number of rotatable bonds is 8. The molecule has 0 aromatic heterocycles. The molecule has 4 nitrogen and oxygen atoms in total. The number of phenols is 1. The fraction of sp³-hybridized carbons (Fsp3) is 0.222. The Morgan fingerprint density at radius 1 is 0.909 bits per heavy atom. The van der Waals surface area contributed by atoms with Crippen molar-refractivity contribution in [1.82, 2.24) is 0 Å². The zero-order valence-electron chi connectivity index (χ0n) is 12.3. The van der Waals surface area contributed by atoms with Crippen LogP contribution in [0.25, 0.3) is 0 Å². The highest BCUT2D eigenvalue weighted by molar-refractivity contribution is 5.30. The summed E-state index contributed by atoms with van der Waals surface area (Å²) >= 11 is 0. The summed E-state index contributed by atoms with van der Waals surface area (Å²) in [6, 6.07) is 15.6. The fourth-order valence-corrected chi connectivity index (χ4v) is 1.92. The molecule has 0 saturated heterocycles. The van der Waals surface area contributed by atoms with E-state index in [0.29, 0.717) is 17.9 Å². The molecule has 0 aliphatic heterocycles. The van der Waals surface area contributed by atoms with Gasteiger partial charge >= 0.3 is 0 Å². The van der Waals surface area contributed by atoms with E-state index >= 15 is 0 Å². The minimum Gasteiger partial charge on any atom is -0.508 e. The van der Waals surface area contributed by atoms with Crippen molar-refractivity contribution < 1.29 is 19.7 Å². The smallest absolute Gasteiger partial charge is 0.136 e. The molecular weight excluding hydrogens is 280 g/mol. The highest BCUT2D eigenvalue weighted by atomic mass is 16.5. The molecule has 0 radical (unpaired) electrons. The van der Waals surface area contributed by atoms with Gasteiger partial charge in [-0.05, 0) is 36.4 Å². The van der Waals surface area contributed by atoms with E-state index in [1.54, 1.807) is 18.2 Å². The molecule has 0 fully saturated rings. The average Bonchev–Trinajstić information content (AvgIpc) is 2.54. The summed E-state index contributed by atoms with van der Waals surface area (Å²) in [5.74, 6) is 1.43. The Morgan fingerprint density at radius 2 is 1.45 bits per heavy atom. The van der Waals surface area contributed by atoms with Crippen LogP contribution in [0.15, 0.2) is 67.3 Å². The van der Waals surface area contributed by atoms with E-state index in [2.05, 4.69) is 6.58 Å². The van der Waals surface area contributed by atoms with E-state index in [1.807, 2.05) is 30.3 Å². The molecule has 0 saturated carbocycles. The molecule has 2 rings (SSSR count). The first kappa shape index (κ1) is 15.9. The first-order chi connectivity index (χ1) is 10.6. The van der Waals surface area contributed by atoms with Crippen LogP contribution in [0.3, 0.4) is 0 Å². The number of hydrogen-bond donors (Lipinski definition) is 2. The van der Waals surface area contributed by atoms with Crippen LogP contribution in [-0.2, 0) is 0 Å². The summed E-state index contributed by atoms with van der Waals surface area (Å²) in [6.07, 6.45) is 1.98. The highest BCUT2D eigenvalue weighted by Crippen LogP contribution is 2.20. The lowest BCUT2D eigenvalue weighted by atomic mass is 10.0. The van der Waals surface area contributed by atoms with E-state index < -0.39 is 5.60 Å². The van der Waals surface area contributed by atoms with Gasteiger partial charge in [-0.1, -0.05) is 24.3 Å². The van der Waals surface area contributed by atoms with Crippen LogP contribution in [-0.4, -0.2) is 29.0 Å². The van der Waals surface area contributed by atoms with Gasteiger partial charge in [0.1, 0.15) is 36.1 Å². The van der Waals surface area contributed by atoms with Crippen molar-refractivity contribution in [2.45, 2.75) is 12.0 Å². The van der Waals surface area contributed by atoms with E-state index in [9.17, 15) is 10.2 Å². The van der Waals surface area contributed by atoms with Crippen LogP contribution in [0.4, 0.5) is 0 Å². The third-order valence-corrected chi connectivity index (χ3v) is 3.12. The van der Waals surface area contributed by atoms with Crippen molar-refractivity contribution in [3.05, 3.63) is 67.3 Å². The average molecular weight is 300 g/mol. The first-order valence-corrected chi connectivity index (χ1v) is 7.04. The van der Waals surface area contributed by atoms with Crippen LogP contribution in [0, 0.1) is 0 Å². The normalized spacial score (nSPS) is 13.1. The van der Waals surface area contributed by atoms with E-state index in [4.69, 9.17) is 9.47 Å². The summed E-state index contributed by atoms with van der Waals surface area (Å²) in [7, 11) is 0. The lowest BCUT2D eigenvalue weighted by Crippen LogP contribution is -2.41. The Labute approximate surface area is 130 Å². The molecule has 2 N–H and O–H groups in total. The van der Waals surface area contributed by atoms with Gasteiger partial charge in [0.25, 0.3) is 0 Å². The van der Waals surface area contributed by atoms with Gasteiger partial charge in [-0.15, -0.1) is 6.58 Å². The molecule has 0 aliphatic carbocycles. The largest absolute Gasteiger partial charge is 0.508 e. The highest BCUT2D eigenvalue weighted by Gasteiger charge is 2.28. The molecule has 4 heteroatoms. The van der Waals surface area contributed by atoms with Gasteiger partial charge in [0.05, 0.1) is 0 Å². The minimum absolute atomic E-state index is 0.0661. The fourth-order valence-electron chi connectivity index (χ4n) is 1.92. The number of benzene rings is 2. The Bertz CT molecular complexity index is 580. The van der Waals surface area contributed by atoms with Crippen molar-refractivity contribution in [2.75, 3.05) is 13.2 Å². The number of aliphatic hydroxyl groups is 1. The SMILES string of the molecule is C=CCC(O)(COc1ccccc1)COc1ccc(O)cc1. The van der Waals surface area contributed by atoms with Gasteiger partial charge in [0.15, 0.2) is 0 Å². The summed E-state index contributed by atoms with van der Waals surface area (Å²) in [5.41, 5.74) is -1.17. The number of aromatic hydroxyl groups is 1. The Kier molecular flexibility index (Phi) is 5.44. The first-order valence-electron chi connectivity index (χ1n) is 7.04. The van der Waals surface area contributed by atoms with Crippen molar-refractivity contribution in [1.29, 1.82) is 0 Å². The zero-order valence-corrected chi connectivity index (χ0v) is 12.3. The summed E-state index contributed by atoms with van der Waals surface area (Å²) in [6.45, 7) is 3.83. The van der Waals surface area contributed by atoms with E-state index in [1.165, 1.54) is 12.1 Å². The van der Waals surface area contributed by atoms with E-state index in [0.717, 1.165) is 0 Å². The standard InChI is InChI=1S/C18H20O4/c1-2-12-18(20,13-21-16-6-4-3-5-7-16)14-22-17-10-8-15(19)9-11-17/h2-11,19-20H,1,12-14H2. The Hall–Kier alpha value is -2.46. The second-order valence-electron chi connectivity index (χ2n) is 5.10. The second kappa shape index (κ2) is 7.52. The summed E-state index contributed by atoms with van der Waals surface area (Å²) in [4.78, 5) is 0. The van der Waals surface area contributed by atoms with Gasteiger partial charge in [-0.25, -0.2) is 0 Å². The lowest BCUT2D eigenvalue weighted by molar-refractivity contribution is -0.0372. The van der Waals surface area contributed by atoms with Crippen molar-refractivity contribution in [3.63, 3.8) is 0 Å². The van der Waals surface area contributed by atoms with Gasteiger partial charge in [0.2, 0.25) is 0 Å². The molecular formula is C18H20O4. The second-order valence-corrected chi connectivity index (χ2v) is 5.10. The predicted molar refractivity (Wildman–Crippen MR) is 85.3 cm³/mol. The molecule has 0 heterocycles. The maximum atomic E-state index is 10.6.